The van der Waals surface area contributed by atoms with E-state index in [4.69, 9.17) is 5.73 Å². The Labute approximate surface area is 136 Å². The highest BCUT2D eigenvalue weighted by Crippen LogP contribution is 2.25. The molecule has 2 aromatic heterocycles. The van der Waals surface area contributed by atoms with Crippen LogP contribution in [0.1, 0.15) is 24.2 Å². The van der Waals surface area contributed by atoms with E-state index >= 15 is 0 Å². The Balaban J connectivity index is 2.06. The normalized spacial score (nSPS) is 12.8. The second-order valence-electron chi connectivity index (χ2n) is 5.34. The number of aromatic nitrogens is 3. The van der Waals surface area contributed by atoms with E-state index < -0.39 is 17.8 Å². The Hall–Kier alpha value is -3.06. The first-order valence-corrected chi connectivity index (χ1v) is 7.25. The molecule has 6 nitrogen and oxygen atoms in total. The molecular weight excluding hydrogens is 311 g/mol. The quantitative estimate of drug-likeness (QED) is 0.640. The van der Waals surface area contributed by atoms with Gasteiger partial charge in [0.1, 0.15) is 11.3 Å². The van der Waals surface area contributed by atoms with Crippen molar-refractivity contribution in [1.82, 2.24) is 15.0 Å². The Bertz CT molecular complexity index is 947. The van der Waals surface area contributed by atoms with Gasteiger partial charge in [-0.3, -0.25) is 4.79 Å². The van der Waals surface area contributed by atoms with Crippen LogP contribution in [0.25, 0.3) is 28.5 Å². The van der Waals surface area contributed by atoms with Gasteiger partial charge in [-0.1, -0.05) is 12.1 Å². The molecule has 0 aliphatic heterocycles. The Morgan fingerprint density at radius 1 is 1.46 bits per heavy atom. The third-order valence-electron chi connectivity index (χ3n) is 3.58. The summed E-state index contributed by atoms with van der Waals surface area (Å²) in [5, 5.41) is 9.50. The van der Waals surface area contributed by atoms with E-state index in [-0.39, 0.29) is 5.56 Å². The number of carbonyl (C=O) groups excluding carboxylic acids is 1. The zero-order valence-corrected chi connectivity index (χ0v) is 12.8. The Morgan fingerprint density at radius 3 is 2.92 bits per heavy atom. The number of benzene rings is 1. The van der Waals surface area contributed by atoms with Crippen LogP contribution in [0.4, 0.5) is 4.39 Å². The number of primary amides is 1. The van der Waals surface area contributed by atoms with E-state index in [1.54, 1.807) is 12.3 Å². The molecule has 0 unspecified atom stereocenters. The maximum Gasteiger partial charge on any atom is 0.241 e. The van der Waals surface area contributed by atoms with Gasteiger partial charge in [0, 0.05) is 29.0 Å². The van der Waals surface area contributed by atoms with Gasteiger partial charge in [-0.15, -0.1) is 0 Å². The van der Waals surface area contributed by atoms with Crippen molar-refractivity contribution in [2.45, 2.75) is 13.0 Å². The zero-order chi connectivity index (χ0) is 17.3. The van der Waals surface area contributed by atoms with Gasteiger partial charge in [-0.05, 0) is 19.1 Å². The summed E-state index contributed by atoms with van der Waals surface area (Å²) >= 11 is 0. The first-order chi connectivity index (χ1) is 11.5. The number of rotatable bonds is 4. The molecule has 3 aromatic rings. The molecule has 2 heterocycles. The molecule has 1 amide bonds. The summed E-state index contributed by atoms with van der Waals surface area (Å²) < 4.78 is 14.1. The van der Waals surface area contributed by atoms with Crippen LogP contribution < -0.4 is 5.73 Å². The number of nitrogens with one attached hydrogen (secondary N) is 1. The number of aliphatic hydroxyl groups excluding tert-OH is 1. The van der Waals surface area contributed by atoms with Crippen LogP contribution in [0, 0.1) is 5.82 Å². The maximum atomic E-state index is 14.1. The second kappa shape index (κ2) is 6.21. The molecule has 3 rings (SSSR count). The van der Waals surface area contributed by atoms with Gasteiger partial charge in [0.25, 0.3) is 0 Å². The van der Waals surface area contributed by atoms with E-state index in [1.807, 2.05) is 0 Å². The molecule has 122 valence electrons. The fourth-order valence-corrected chi connectivity index (χ4v) is 2.37. The van der Waals surface area contributed by atoms with E-state index in [0.29, 0.717) is 28.0 Å². The van der Waals surface area contributed by atoms with Crippen LogP contribution in [0.15, 0.2) is 36.7 Å². The highest BCUT2D eigenvalue weighted by molar-refractivity contribution is 5.93. The Kier molecular flexibility index (Phi) is 4.09. The third-order valence-corrected chi connectivity index (χ3v) is 3.58. The molecule has 0 saturated heterocycles. The summed E-state index contributed by atoms with van der Waals surface area (Å²) in [7, 11) is 0. The molecule has 1 aromatic carbocycles. The summed E-state index contributed by atoms with van der Waals surface area (Å²) in [5.41, 5.74) is 8.08. The van der Waals surface area contributed by atoms with Crippen molar-refractivity contribution in [3.8, 4) is 11.3 Å². The molecular formula is C17H15FN4O2. The molecule has 0 radical (unpaired) electrons. The topological polar surface area (TPSA) is 105 Å². The van der Waals surface area contributed by atoms with Gasteiger partial charge in [-0.2, -0.15) is 0 Å². The van der Waals surface area contributed by atoms with E-state index in [2.05, 4.69) is 15.0 Å². The average molecular weight is 326 g/mol. The average Bonchev–Trinajstić information content (AvgIpc) is 2.94. The maximum absolute atomic E-state index is 14.1. The van der Waals surface area contributed by atoms with Crippen molar-refractivity contribution < 1.29 is 14.3 Å². The number of carbonyl (C=O) groups is 1. The predicted molar refractivity (Wildman–Crippen MR) is 88.1 cm³/mol. The lowest BCUT2D eigenvalue weighted by Gasteiger charge is -2.08. The number of amides is 1. The van der Waals surface area contributed by atoms with Crippen LogP contribution in [-0.4, -0.2) is 26.0 Å². The number of hydrogen-bond donors (Lipinski definition) is 3. The van der Waals surface area contributed by atoms with Gasteiger partial charge in [-0.25, -0.2) is 14.4 Å². The summed E-state index contributed by atoms with van der Waals surface area (Å²) in [4.78, 5) is 22.5. The fraction of sp³-hybridized carbons (Fsp3) is 0.118. The van der Waals surface area contributed by atoms with Crippen LogP contribution in [0.3, 0.4) is 0 Å². The molecule has 0 aliphatic carbocycles. The van der Waals surface area contributed by atoms with Crippen molar-refractivity contribution in [2.75, 3.05) is 0 Å². The molecule has 0 spiro atoms. The van der Waals surface area contributed by atoms with Crippen molar-refractivity contribution in [2.24, 2.45) is 5.73 Å². The van der Waals surface area contributed by atoms with Gasteiger partial charge in [0.05, 0.1) is 18.0 Å². The van der Waals surface area contributed by atoms with Crippen molar-refractivity contribution in [3.05, 3.63) is 53.6 Å². The first-order valence-electron chi connectivity index (χ1n) is 7.25. The monoisotopic (exact) mass is 326 g/mol. The van der Waals surface area contributed by atoms with Crippen LogP contribution in [-0.2, 0) is 4.79 Å². The minimum absolute atomic E-state index is 0.222. The summed E-state index contributed by atoms with van der Waals surface area (Å²) in [6.07, 6.45) is 5.07. The largest absolute Gasteiger partial charge is 0.389 e. The van der Waals surface area contributed by atoms with Crippen molar-refractivity contribution in [1.29, 1.82) is 0 Å². The number of halogens is 1. The lowest BCUT2D eigenvalue weighted by molar-refractivity contribution is -0.113. The van der Waals surface area contributed by atoms with E-state index in [9.17, 15) is 14.3 Å². The number of H-pyrrole nitrogens is 1. The lowest BCUT2D eigenvalue weighted by atomic mass is 10.1. The number of nitrogens with zero attached hydrogens (tertiary/aromatic N) is 2. The van der Waals surface area contributed by atoms with Crippen molar-refractivity contribution >= 4 is 23.1 Å². The zero-order valence-electron chi connectivity index (χ0n) is 12.8. The van der Waals surface area contributed by atoms with Gasteiger partial charge < -0.3 is 15.8 Å². The van der Waals surface area contributed by atoms with Gasteiger partial charge >= 0.3 is 0 Å². The lowest BCUT2D eigenvalue weighted by Crippen LogP contribution is -2.05. The molecule has 0 saturated carbocycles. The number of fused-ring (bicyclic) bond motifs is 1. The van der Waals surface area contributed by atoms with Crippen LogP contribution in [0.5, 0.6) is 0 Å². The first kappa shape index (κ1) is 15.8. The fourth-order valence-electron chi connectivity index (χ4n) is 2.37. The molecule has 7 heteroatoms. The minimum Gasteiger partial charge on any atom is -0.389 e. The summed E-state index contributed by atoms with van der Waals surface area (Å²) in [6.45, 7) is 1.50. The number of aliphatic hydroxyl groups is 1. The molecule has 24 heavy (non-hydrogen) atoms. The summed E-state index contributed by atoms with van der Waals surface area (Å²) in [6, 6.07) is 4.50. The molecule has 0 fully saturated rings. The molecule has 0 bridgehead atoms. The standard InChI is InChI=1S/C17H15FN4O2/c1-9(23)12-4-2-10(6-13(12)18)14-8-21-17-16(22-14)11(7-20-17)3-5-15(19)24/h2-9,23H,1H3,(H2,19,24)(H,20,21)/b5-3+/t9-/m1/s1. The van der Waals surface area contributed by atoms with Gasteiger partial charge in [0.15, 0.2) is 5.65 Å². The van der Waals surface area contributed by atoms with Crippen LogP contribution >= 0.6 is 0 Å². The van der Waals surface area contributed by atoms with Gasteiger partial charge in [0.2, 0.25) is 5.91 Å². The van der Waals surface area contributed by atoms with E-state index in [1.165, 1.54) is 37.4 Å². The predicted octanol–water partition coefficient (Wildman–Crippen LogP) is 2.32. The molecule has 0 aliphatic rings. The third kappa shape index (κ3) is 3.02. The minimum atomic E-state index is -0.886. The van der Waals surface area contributed by atoms with E-state index in [0.717, 1.165) is 0 Å². The Morgan fingerprint density at radius 2 is 2.25 bits per heavy atom. The molecule has 4 N–H and O–H groups in total. The number of nitrogens with two attached hydrogens (primary N) is 1. The van der Waals surface area contributed by atoms with Crippen LogP contribution in [0.2, 0.25) is 0 Å². The SMILES string of the molecule is C[C@@H](O)c1ccc(-c2cnc3[nH]cc(/C=C/C(N)=O)c3n2)cc1F. The molecule has 1 atom stereocenters. The van der Waals surface area contributed by atoms with Crippen molar-refractivity contribution in [3.63, 3.8) is 0 Å². The number of hydrogen-bond acceptors (Lipinski definition) is 4. The summed E-state index contributed by atoms with van der Waals surface area (Å²) in [5.74, 6) is -1.07. The smallest absolute Gasteiger partial charge is 0.241 e. The highest BCUT2D eigenvalue weighted by atomic mass is 19.1. The second-order valence-corrected chi connectivity index (χ2v) is 5.34. The number of aromatic amines is 1. The highest BCUT2D eigenvalue weighted by Gasteiger charge is 2.12.